The molecular weight excluding hydrogens is 458 g/mol. The molecule has 36 heavy (non-hydrogen) atoms. The van der Waals surface area contributed by atoms with Gasteiger partial charge in [-0.15, -0.1) is 0 Å². The number of fused-ring (bicyclic) bond motifs is 2. The van der Waals surface area contributed by atoms with E-state index < -0.39 is 11.4 Å². The quantitative estimate of drug-likeness (QED) is 0.399. The molecule has 1 aliphatic rings. The zero-order valence-corrected chi connectivity index (χ0v) is 20.8. The number of ether oxygens (including phenoxy) is 1. The molecule has 0 amide bonds. The standard InChI is InChI=1S/C26H29N7O3/c1-5-32-23(34)20-15-29-25(30-18-7-6-16-8-10-27-14-17(16)12-18)31-22(20)33(32)19-9-11-28-21(13-19)26(2,3)24(35)36-4/h6-7,9,11-13,15,27H,5,8,10,14H2,1-4H3,(H,29,30,31). The molecule has 10 nitrogen and oxygen atoms in total. The molecule has 0 fully saturated rings. The van der Waals surface area contributed by atoms with Crippen LogP contribution >= 0.6 is 0 Å². The van der Waals surface area contributed by atoms with E-state index in [2.05, 4.69) is 32.7 Å². The highest BCUT2D eigenvalue weighted by Crippen LogP contribution is 2.26. The van der Waals surface area contributed by atoms with Crippen LogP contribution in [0.5, 0.6) is 0 Å². The number of benzene rings is 1. The van der Waals surface area contributed by atoms with Gasteiger partial charge in [0.05, 0.1) is 18.5 Å². The number of carbonyl (C=O) groups excluding carboxylic acids is 1. The summed E-state index contributed by atoms with van der Waals surface area (Å²) in [4.78, 5) is 39.1. The number of nitrogens with zero attached hydrogens (tertiary/aromatic N) is 5. The van der Waals surface area contributed by atoms with Gasteiger partial charge in [-0.3, -0.25) is 14.6 Å². The molecule has 0 aliphatic carbocycles. The predicted octanol–water partition coefficient (Wildman–Crippen LogP) is 2.84. The summed E-state index contributed by atoms with van der Waals surface area (Å²) in [5.74, 6) is -0.0103. The molecule has 0 spiro atoms. The summed E-state index contributed by atoms with van der Waals surface area (Å²) in [5.41, 5.74) is 3.97. The van der Waals surface area contributed by atoms with E-state index in [0.29, 0.717) is 34.9 Å². The van der Waals surface area contributed by atoms with Crippen LogP contribution in [-0.2, 0) is 34.5 Å². The minimum atomic E-state index is -0.964. The van der Waals surface area contributed by atoms with Crippen molar-refractivity contribution in [1.29, 1.82) is 0 Å². The van der Waals surface area contributed by atoms with Gasteiger partial charge >= 0.3 is 5.97 Å². The highest BCUT2D eigenvalue weighted by Gasteiger charge is 2.33. The Balaban J connectivity index is 1.59. The Morgan fingerprint density at radius 3 is 2.81 bits per heavy atom. The van der Waals surface area contributed by atoms with Gasteiger partial charge < -0.3 is 15.4 Å². The average Bonchev–Trinajstić information content (AvgIpc) is 3.18. The highest BCUT2D eigenvalue weighted by molar-refractivity contribution is 5.82. The van der Waals surface area contributed by atoms with Gasteiger partial charge in [0.1, 0.15) is 10.8 Å². The number of methoxy groups -OCH3 is 1. The van der Waals surface area contributed by atoms with E-state index in [1.54, 1.807) is 47.7 Å². The minimum absolute atomic E-state index is 0.190. The molecule has 4 aromatic rings. The first-order chi connectivity index (χ1) is 17.3. The molecular formula is C26H29N7O3. The van der Waals surface area contributed by atoms with Crippen molar-refractivity contribution in [3.05, 3.63) is 69.9 Å². The third-order valence-electron chi connectivity index (χ3n) is 6.65. The van der Waals surface area contributed by atoms with E-state index in [1.165, 1.54) is 18.2 Å². The number of pyridine rings is 1. The van der Waals surface area contributed by atoms with Gasteiger partial charge in [-0.25, -0.2) is 14.3 Å². The Labute approximate surface area is 208 Å². The van der Waals surface area contributed by atoms with Crippen molar-refractivity contribution in [3.8, 4) is 5.69 Å². The van der Waals surface area contributed by atoms with Crippen molar-refractivity contribution in [3.63, 3.8) is 0 Å². The topological polar surface area (TPSA) is 116 Å². The maximum atomic E-state index is 13.2. The first kappa shape index (κ1) is 23.7. The third kappa shape index (κ3) is 4.03. The van der Waals surface area contributed by atoms with E-state index in [1.807, 2.05) is 13.0 Å². The lowest BCUT2D eigenvalue weighted by molar-refractivity contribution is -0.146. The van der Waals surface area contributed by atoms with Crippen LogP contribution in [0.15, 0.2) is 47.5 Å². The average molecular weight is 488 g/mol. The van der Waals surface area contributed by atoms with Crippen LogP contribution in [0.4, 0.5) is 11.6 Å². The number of rotatable bonds is 6. The Hall–Kier alpha value is -4.05. The first-order valence-corrected chi connectivity index (χ1v) is 12.0. The maximum Gasteiger partial charge on any atom is 0.317 e. The first-order valence-electron chi connectivity index (χ1n) is 12.0. The van der Waals surface area contributed by atoms with E-state index in [4.69, 9.17) is 9.72 Å². The van der Waals surface area contributed by atoms with Crippen molar-refractivity contribution in [2.75, 3.05) is 19.0 Å². The predicted molar refractivity (Wildman–Crippen MR) is 137 cm³/mol. The summed E-state index contributed by atoms with van der Waals surface area (Å²) >= 11 is 0. The minimum Gasteiger partial charge on any atom is -0.468 e. The van der Waals surface area contributed by atoms with Gasteiger partial charge in [-0.05, 0) is 69.1 Å². The van der Waals surface area contributed by atoms with E-state index in [-0.39, 0.29) is 5.56 Å². The molecule has 0 atom stereocenters. The van der Waals surface area contributed by atoms with E-state index in [9.17, 15) is 9.59 Å². The normalized spacial score (nSPS) is 13.4. The molecule has 1 aliphatic heterocycles. The fourth-order valence-corrected chi connectivity index (χ4v) is 4.58. The van der Waals surface area contributed by atoms with Crippen LogP contribution in [0.2, 0.25) is 0 Å². The molecule has 0 radical (unpaired) electrons. The highest BCUT2D eigenvalue weighted by atomic mass is 16.5. The number of esters is 1. The lowest BCUT2D eigenvalue weighted by Crippen LogP contribution is -2.31. The zero-order valence-electron chi connectivity index (χ0n) is 20.8. The fourth-order valence-electron chi connectivity index (χ4n) is 4.58. The Morgan fingerprint density at radius 2 is 2.03 bits per heavy atom. The third-order valence-corrected chi connectivity index (χ3v) is 6.65. The molecule has 0 unspecified atom stereocenters. The van der Waals surface area contributed by atoms with Crippen molar-refractivity contribution in [1.82, 2.24) is 29.6 Å². The van der Waals surface area contributed by atoms with Gasteiger partial charge in [0.2, 0.25) is 5.95 Å². The Bertz CT molecular complexity index is 1520. The van der Waals surface area contributed by atoms with Gasteiger partial charge in [-0.1, -0.05) is 6.07 Å². The second-order valence-electron chi connectivity index (χ2n) is 9.31. The number of hydrogen-bond acceptors (Lipinski definition) is 8. The van der Waals surface area contributed by atoms with Crippen LogP contribution in [0.3, 0.4) is 0 Å². The number of hydrogen-bond donors (Lipinski definition) is 2. The summed E-state index contributed by atoms with van der Waals surface area (Å²) < 4.78 is 8.31. The van der Waals surface area contributed by atoms with E-state index >= 15 is 0 Å². The van der Waals surface area contributed by atoms with Crippen LogP contribution in [0.1, 0.15) is 37.6 Å². The summed E-state index contributed by atoms with van der Waals surface area (Å²) in [6.07, 6.45) is 4.18. The molecule has 5 rings (SSSR count). The van der Waals surface area contributed by atoms with Gasteiger partial charge in [0.15, 0.2) is 5.65 Å². The summed E-state index contributed by atoms with van der Waals surface area (Å²) in [6.45, 7) is 7.64. The smallest absolute Gasteiger partial charge is 0.317 e. The number of aromatic nitrogens is 5. The summed E-state index contributed by atoms with van der Waals surface area (Å²) in [5, 5.41) is 7.08. The van der Waals surface area contributed by atoms with Crippen molar-refractivity contribution < 1.29 is 9.53 Å². The second-order valence-corrected chi connectivity index (χ2v) is 9.31. The molecule has 3 aromatic heterocycles. The fraction of sp³-hybridized carbons (Fsp3) is 0.346. The lowest BCUT2D eigenvalue weighted by Gasteiger charge is -2.21. The van der Waals surface area contributed by atoms with Crippen LogP contribution in [0.25, 0.3) is 16.7 Å². The van der Waals surface area contributed by atoms with Crippen molar-refractivity contribution in [2.24, 2.45) is 0 Å². The Morgan fingerprint density at radius 1 is 1.19 bits per heavy atom. The summed E-state index contributed by atoms with van der Waals surface area (Å²) in [6, 6.07) is 9.82. The molecule has 0 saturated carbocycles. The molecule has 0 bridgehead atoms. The van der Waals surface area contributed by atoms with Crippen molar-refractivity contribution in [2.45, 2.75) is 45.7 Å². The van der Waals surface area contributed by atoms with Gasteiger partial charge in [0, 0.05) is 31.2 Å². The van der Waals surface area contributed by atoms with Crippen LogP contribution in [0, 0.1) is 0 Å². The van der Waals surface area contributed by atoms with Crippen LogP contribution < -0.4 is 16.2 Å². The zero-order chi connectivity index (χ0) is 25.4. The SMILES string of the molecule is CCn1c(=O)c2cnc(Nc3ccc4c(c3)CNCC4)nc2n1-c1ccnc(C(C)(C)C(=O)OC)c1. The maximum absolute atomic E-state index is 13.2. The summed E-state index contributed by atoms with van der Waals surface area (Å²) in [7, 11) is 1.35. The van der Waals surface area contributed by atoms with Crippen molar-refractivity contribution >= 4 is 28.6 Å². The lowest BCUT2D eigenvalue weighted by atomic mass is 9.89. The van der Waals surface area contributed by atoms with E-state index in [0.717, 1.165) is 25.2 Å². The number of carbonyl (C=O) groups is 1. The second kappa shape index (κ2) is 9.19. The molecule has 1 aromatic carbocycles. The Kier molecular flexibility index (Phi) is 6.05. The number of anilines is 2. The van der Waals surface area contributed by atoms with Gasteiger partial charge in [-0.2, -0.15) is 4.98 Å². The molecule has 186 valence electrons. The number of nitrogens with one attached hydrogen (secondary N) is 2. The van der Waals surface area contributed by atoms with Crippen LogP contribution in [-0.4, -0.2) is 43.9 Å². The monoisotopic (exact) mass is 487 g/mol. The molecule has 2 N–H and O–H groups in total. The molecule has 4 heterocycles. The molecule has 0 saturated heterocycles. The van der Waals surface area contributed by atoms with Gasteiger partial charge in [0.25, 0.3) is 5.56 Å². The largest absolute Gasteiger partial charge is 0.468 e. The molecule has 10 heteroatoms.